The average Bonchev–Trinajstić information content (AvgIpc) is 2.79. The molecule has 0 saturated carbocycles. The third kappa shape index (κ3) is 3.16. The molecule has 2 N–H and O–H groups in total. The van der Waals surface area contributed by atoms with Crippen LogP contribution in [0.25, 0.3) is 6.08 Å². The van der Waals surface area contributed by atoms with Gasteiger partial charge in [0.25, 0.3) is 5.91 Å². The molecule has 0 unspecified atom stereocenters. The number of ether oxygens (including phenoxy) is 1. The van der Waals surface area contributed by atoms with Gasteiger partial charge in [-0.25, -0.2) is 18.0 Å². The normalized spacial score (nSPS) is 25.1. The number of carbonyl (C=O) groups excluding carboxylic acids is 2. The molecule has 2 saturated heterocycles. The lowest BCUT2D eigenvalue weighted by Gasteiger charge is -2.37. The van der Waals surface area contributed by atoms with Crippen molar-refractivity contribution in [3.63, 3.8) is 0 Å². The smallest absolute Gasteiger partial charge is 0.411 e. The van der Waals surface area contributed by atoms with Gasteiger partial charge in [0.1, 0.15) is 11.4 Å². The highest BCUT2D eigenvalue weighted by atomic mass is 32.2. The van der Waals surface area contributed by atoms with E-state index in [0.29, 0.717) is 5.69 Å². The van der Waals surface area contributed by atoms with Crippen LogP contribution < -0.4 is 5.32 Å². The highest BCUT2D eigenvalue weighted by Gasteiger charge is 2.70. The minimum Gasteiger partial charge on any atom is -0.480 e. The second-order valence-corrected chi connectivity index (χ2v) is 9.63. The first-order chi connectivity index (χ1) is 13.5. The van der Waals surface area contributed by atoms with E-state index in [-0.39, 0.29) is 17.9 Å². The maximum atomic E-state index is 12.8. The maximum Gasteiger partial charge on any atom is 0.411 e. The summed E-state index contributed by atoms with van der Waals surface area (Å²) >= 11 is 0. The number of fused-ring (bicyclic) bond motifs is 1. The molecule has 2 amide bonds. The number of amides is 2. The van der Waals surface area contributed by atoms with Crippen molar-refractivity contribution >= 4 is 39.6 Å². The highest BCUT2D eigenvalue weighted by Crippen LogP contribution is 2.48. The molecule has 29 heavy (non-hydrogen) atoms. The molecule has 1 aromatic heterocycles. The molecule has 11 heteroatoms. The minimum atomic E-state index is -3.95. The number of nitrogens with one attached hydrogen (secondary N) is 1. The molecule has 3 heterocycles. The third-order valence-corrected chi connectivity index (χ3v) is 7.63. The van der Waals surface area contributed by atoms with Crippen LogP contribution in [-0.4, -0.2) is 64.1 Å². The van der Waals surface area contributed by atoms with Crippen molar-refractivity contribution in [2.75, 3.05) is 11.9 Å². The van der Waals surface area contributed by atoms with Crippen molar-refractivity contribution < 1.29 is 32.6 Å². The second-order valence-electron chi connectivity index (χ2n) is 7.04. The van der Waals surface area contributed by atoms with Crippen molar-refractivity contribution in [2.24, 2.45) is 0 Å². The molecular weight excluding hydrogens is 402 g/mol. The predicted octanol–water partition coefficient (Wildman–Crippen LogP) is 1.03. The van der Waals surface area contributed by atoms with E-state index < -0.39 is 44.0 Å². The molecule has 1 aromatic rings. The largest absolute Gasteiger partial charge is 0.480 e. The Balaban J connectivity index is 1.84. The van der Waals surface area contributed by atoms with E-state index in [9.17, 15) is 27.9 Å². The number of anilines is 1. The lowest BCUT2D eigenvalue weighted by molar-refractivity contribution is -0.152. The number of nitrogens with zero attached hydrogens (tertiary/aromatic N) is 2. The van der Waals surface area contributed by atoms with Crippen LogP contribution in [0.1, 0.15) is 19.5 Å². The topological polar surface area (TPSA) is 143 Å². The number of carbonyl (C=O) groups is 3. The van der Waals surface area contributed by atoms with E-state index in [1.807, 2.05) is 0 Å². The fourth-order valence-electron chi connectivity index (χ4n) is 3.35. The van der Waals surface area contributed by atoms with Gasteiger partial charge in [0.05, 0.1) is 23.2 Å². The van der Waals surface area contributed by atoms with Crippen LogP contribution in [0.15, 0.2) is 36.6 Å². The van der Waals surface area contributed by atoms with Crippen molar-refractivity contribution in [1.82, 2.24) is 9.88 Å². The first-order valence-electron chi connectivity index (χ1n) is 8.53. The van der Waals surface area contributed by atoms with E-state index in [1.165, 1.54) is 44.3 Å². The molecule has 0 aliphatic carbocycles. The van der Waals surface area contributed by atoms with Crippen LogP contribution in [-0.2, 0) is 24.2 Å². The maximum absolute atomic E-state index is 12.8. The Kier molecular flexibility index (Phi) is 4.95. The Labute approximate surface area is 166 Å². The van der Waals surface area contributed by atoms with Crippen molar-refractivity contribution in [3.05, 3.63) is 42.3 Å². The van der Waals surface area contributed by atoms with Crippen LogP contribution in [0, 0.1) is 0 Å². The molecule has 2 atom stereocenters. The van der Waals surface area contributed by atoms with Crippen molar-refractivity contribution in [2.45, 2.75) is 30.0 Å². The van der Waals surface area contributed by atoms with E-state index in [4.69, 9.17) is 4.74 Å². The molecule has 2 fully saturated rings. The first kappa shape index (κ1) is 20.5. The SMILES string of the molecule is C=CCOC(=O)Nc1ccc(C=C2C(=O)N3[C@@H](C(=O)O)C(C)(C)S(=O)(=O)[C@H]23)nc1. The van der Waals surface area contributed by atoms with Gasteiger partial charge >= 0.3 is 12.1 Å². The Hall–Kier alpha value is -3.21. The summed E-state index contributed by atoms with van der Waals surface area (Å²) in [6.45, 7) is 6.07. The molecule has 3 rings (SSSR count). The lowest BCUT2D eigenvalue weighted by Crippen LogP contribution is -2.58. The number of sulfone groups is 1. The van der Waals surface area contributed by atoms with Gasteiger partial charge in [0.2, 0.25) is 0 Å². The summed E-state index contributed by atoms with van der Waals surface area (Å²) in [6.07, 6.45) is 3.34. The third-order valence-electron chi connectivity index (χ3n) is 4.87. The molecule has 0 radical (unpaired) electrons. The fourth-order valence-corrected chi connectivity index (χ4v) is 5.47. The highest BCUT2D eigenvalue weighted by molar-refractivity contribution is 7.94. The second kappa shape index (κ2) is 6.99. The molecule has 2 aliphatic rings. The molecule has 154 valence electrons. The van der Waals surface area contributed by atoms with Gasteiger partial charge in [-0.2, -0.15) is 0 Å². The average molecular weight is 421 g/mol. The summed E-state index contributed by atoms with van der Waals surface area (Å²) in [5, 5.41) is 10.5. The molecular formula is C18H19N3O7S. The molecule has 0 aromatic carbocycles. The van der Waals surface area contributed by atoms with Crippen molar-refractivity contribution in [3.8, 4) is 0 Å². The fraction of sp³-hybridized carbons (Fsp3) is 0.333. The number of carboxylic acid groups (broad SMARTS) is 1. The number of rotatable bonds is 5. The Morgan fingerprint density at radius 2 is 2.10 bits per heavy atom. The van der Waals surface area contributed by atoms with Gasteiger partial charge in [-0.1, -0.05) is 12.7 Å². The summed E-state index contributed by atoms with van der Waals surface area (Å²) in [6, 6.07) is 1.53. The minimum absolute atomic E-state index is 0.0413. The molecule has 10 nitrogen and oxygen atoms in total. The number of aromatic nitrogens is 1. The standard InChI is InChI=1S/C18H19N3O7S/c1-4-7-28-17(25)20-11-6-5-10(19-9-11)8-12-14(22)21-13(16(23)24)18(2,3)29(26,27)15(12)21/h4-6,8-9,13,15H,1,7H2,2-3H3,(H,20,25)(H,23,24)/t13-,15+/m0/s1. The Morgan fingerprint density at radius 3 is 2.66 bits per heavy atom. The Morgan fingerprint density at radius 1 is 1.41 bits per heavy atom. The number of β-lactam (4-membered cyclic amide) rings is 1. The number of aliphatic carboxylic acids is 1. The van der Waals surface area contributed by atoms with Gasteiger partial charge in [-0.05, 0) is 32.1 Å². The van der Waals surface area contributed by atoms with E-state index >= 15 is 0 Å². The summed E-state index contributed by atoms with van der Waals surface area (Å²) in [4.78, 5) is 40.5. The zero-order chi connectivity index (χ0) is 21.6. The number of hydrogen-bond donors (Lipinski definition) is 2. The number of pyridine rings is 1. The van der Waals surface area contributed by atoms with Gasteiger partial charge < -0.3 is 14.7 Å². The number of carboxylic acids is 1. The number of hydrogen-bond acceptors (Lipinski definition) is 7. The molecule has 2 aliphatic heterocycles. The molecule has 0 bridgehead atoms. The molecule has 0 spiro atoms. The van der Waals surface area contributed by atoms with Crippen LogP contribution in [0.5, 0.6) is 0 Å². The predicted molar refractivity (Wildman–Crippen MR) is 102 cm³/mol. The quantitative estimate of drug-likeness (QED) is 0.408. The van der Waals surface area contributed by atoms with E-state index in [1.54, 1.807) is 0 Å². The summed E-state index contributed by atoms with van der Waals surface area (Å²) in [7, 11) is -3.95. The van der Waals surface area contributed by atoms with Crippen LogP contribution >= 0.6 is 0 Å². The summed E-state index contributed by atoms with van der Waals surface area (Å²) < 4.78 is 28.8. The van der Waals surface area contributed by atoms with Gasteiger partial charge in [0.15, 0.2) is 21.3 Å². The van der Waals surface area contributed by atoms with Crippen LogP contribution in [0.4, 0.5) is 10.5 Å². The van der Waals surface area contributed by atoms with Crippen molar-refractivity contribution in [1.29, 1.82) is 0 Å². The monoisotopic (exact) mass is 421 g/mol. The van der Waals surface area contributed by atoms with Crippen LogP contribution in [0.2, 0.25) is 0 Å². The van der Waals surface area contributed by atoms with Gasteiger partial charge in [0, 0.05) is 0 Å². The van der Waals surface area contributed by atoms with Gasteiger partial charge in [-0.3, -0.25) is 15.1 Å². The summed E-state index contributed by atoms with van der Waals surface area (Å²) in [5.74, 6) is -2.03. The zero-order valence-electron chi connectivity index (χ0n) is 15.7. The van der Waals surface area contributed by atoms with Gasteiger partial charge in [-0.15, -0.1) is 0 Å². The van der Waals surface area contributed by atoms with Crippen LogP contribution in [0.3, 0.4) is 0 Å². The first-order valence-corrected chi connectivity index (χ1v) is 10.1. The van der Waals surface area contributed by atoms with E-state index in [2.05, 4.69) is 16.9 Å². The lowest BCUT2D eigenvalue weighted by atomic mass is 9.95. The summed E-state index contributed by atoms with van der Waals surface area (Å²) in [5.41, 5.74) is 0.577. The zero-order valence-corrected chi connectivity index (χ0v) is 16.5. The van der Waals surface area contributed by atoms with E-state index in [0.717, 1.165) is 4.90 Å². The Bertz CT molecular complexity index is 1030.